The molecule has 0 bridgehead atoms. The van der Waals surface area contributed by atoms with Crippen molar-refractivity contribution in [2.24, 2.45) is 5.73 Å². The topological polar surface area (TPSA) is 101 Å². The predicted octanol–water partition coefficient (Wildman–Crippen LogP) is 1.40. The normalized spacial score (nSPS) is 12.9. The number of H-pyrrole nitrogens is 2. The number of nitrogens with one attached hydrogen (secondary N) is 2. The second kappa shape index (κ2) is 4.40. The molecule has 0 saturated carbocycles. The van der Waals surface area contributed by atoms with Gasteiger partial charge in [-0.3, -0.25) is 4.98 Å². The van der Waals surface area contributed by atoms with Crippen LogP contribution in [0.15, 0.2) is 33.6 Å². The molecule has 1 aromatic carbocycles. The van der Waals surface area contributed by atoms with Gasteiger partial charge in [-0.05, 0) is 25.1 Å². The van der Waals surface area contributed by atoms with E-state index in [0.29, 0.717) is 17.5 Å². The van der Waals surface area contributed by atoms with Crippen molar-refractivity contribution in [3.8, 4) is 11.3 Å². The van der Waals surface area contributed by atoms with Crippen molar-refractivity contribution in [3.05, 3.63) is 40.8 Å². The van der Waals surface area contributed by atoms with Gasteiger partial charge in [0.05, 0.1) is 17.4 Å². The molecule has 2 heterocycles. The summed E-state index contributed by atoms with van der Waals surface area (Å²) in [5, 5.41) is 0. The van der Waals surface area contributed by atoms with E-state index in [4.69, 9.17) is 10.2 Å². The minimum Gasteiger partial charge on any atom is -0.408 e. The average molecular weight is 258 g/mol. The molecule has 0 aliphatic rings. The number of benzene rings is 1. The van der Waals surface area contributed by atoms with Gasteiger partial charge < -0.3 is 15.1 Å². The second-order valence-corrected chi connectivity index (χ2v) is 4.65. The van der Waals surface area contributed by atoms with E-state index >= 15 is 0 Å². The molecule has 0 spiro atoms. The summed E-state index contributed by atoms with van der Waals surface area (Å²) in [6, 6.07) is 5.55. The van der Waals surface area contributed by atoms with Crippen LogP contribution in [0.4, 0.5) is 0 Å². The third-order valence-corrected chi connectivity index (χ3v) is 2.87. The summed E-state index contributed by atoms with van der Waals surface area (Å²) in [6.07, 6.45) is 2.46. The molecule has 3 aromatic rings. The molecule has 3 rings (SSSR count). The van der Waals surface area contributed by atoms with Crippen molar-refractivity contribution in [2.45, 2.75) is 19.4 Å². The van der Waals surface area contributed by atoms with E-state index in [9.17, 15) is 4.79 Å². The molecule has 0 aliphatic carbocycles. The molecule has 1 atom stereocenters. The van der Waals surface area contributed by atoms with E-state index < -0.39 is 5.76 Å². The van der Waals surface area contributed by atoms with Crippen LogP contribution in [-0.4, -0.2) is 21.0 Å². The van der Waals surface area contributed by atoms with E-state index in [1.807, 2.05) is 19.1 Å². The Morgan fingerprint density at radius 3 is 3.05 bits per heavy atom. The number of nitrogens with two attached hydrogens (primary N) is 1. The van der Waals surface area contributed by atoms with E-state index in [2.05, 4.69) is 15.0 Å². The molecule has 98 valence electrons. The smallest absolute Gasteiger partial charge is 0.408 e. The number of hydrogen-bond donors (Lipinski definition) is 3. The average Bonchev–Trinajstić information content (AvgIpc) is 2.92. The summed E-state index contributed by atoms with van der Waals surface area (Å²) in [4.78, 5) is 21.2. The lowest BCUT2D eigenvalue weighted by atomic mass is 10.1. The molecule has 19 heavy (non-hydrogen) atoms. The fourth-order valence-corrected chi connectivity index (χ4v) is 2.04. The largest absolute Gasteiger partial charge is 0.417 e. The summed E-state index contributed by atoms with van der Waals surface area (Å²) in [5.41, 5.74) is 8.78. The van der Waals surface area contributed by atoms with Gasteiger partial charge in [0, 0.05) is 18.0 Å². The van der Waals surface area contributed by atoms with Crippen molar-refractivity contribution in [1.29, 1.82) is 0 Å². The van der Waals surface area contributed by atoms with Crippen LogP contribution in [0.1, 0.15) is 12.7 Å². The van der Waals surface area contributed by atoms with Crippen molar-refractivity contribution < 1.29 is 4.42 Å². The zero-order chi connectivity index (χ0) is 13.4. The van der Waals surface area contributed by atoms with E-state index in [-0.39, 0.29) is 6.04 Å². The number of imidazole rings is 1. The molecule has 0 saturated heterocycles. The van der Waals surface area contributed by atoms with Gasteiger partial charge in [-0.2, -0.15) is 0 Å². The molecular weight excluding hydrogens is 244 g/mol. The van der Waals surface area contributed by atoms with Gasteiger partial charge in [0.15, 0.2) is 5.58 Å². The highest BCUT2D eigenvalue weighted by Gasteiger charge is 2.07. The van der Waals surface area contributed by atoms with Crippen LogP contribution >= 0.6 is 0 Å². The van der Waals surface area contributed by atoms with Crippen LogP contribution in [-0.2, 0) is 6.42 Å². The van der Waals surface area contributed by atoms with Gasteiger partial charge in [0.2, 0.25) is 0 Å². The van der Waals surface area contributed by atoms with Crippen LogP contribution < -0.4 is 11.5 Å². The number of nitrogens with zero attached hydrogens (tertiary/aromatic N) is 1. The molecule has 0 fully saturated rings. The van der Waals surface area contributed by atoms with E-state index in [1.165, 1.54) is 0 Å². The highest BCUT2D eigenvalue weighted by Crippen LogP contribution is 2.21. The van der Waals surface area contributed by atoms with Crippen LogP contribution in [0, 0.1) is 0 Å². The first-order chi connectivity index (χ1) is 9.11. The molecule has 2 aromatic heterocycles. The summed E-state index contributed by atoms with van der Waals surface area (Å²) in [7, 11) is 0. The van der Waals surface area contributed by atoms with Gasteiger partial charge in [-0.15, -0.1) is 0 Å². The number of aromatic nitrogens is 3. The van der Waals surface area contributed by atoms with Gasteiger partial charge in [-0.25, -0.2) is 9.78 Å². The summed E-state index contributed by atoms with van der Waals surface area (Å²) in [5.74, 6) is 0.403. The third-order valence-electron chi connectivity index (χ3n) is 2.87. The monoisotopic (exact) mass is 258 g/mol. The maximum atomic E-state index is 11.1. The number of fused-ring (bicyclic) bond motifs is 1. The molecule has 6 nitrogen and oxygen atoms in total. The molecule has 0 radical (unpaired) electrons. The van der Waals surface area contributed by atoms with Crippen molar-refractivity contribution in [3.63, 3.8) is 0 Å². The standard InChI is InChI=1S/C13H14N4O2/c1-7(14)4-12-15-6-10(16-12)8-2-3-11-9(5-8)17-13(18)19-11/h2-3,5-7H,4,14H2,1H3,(H,15,16)(H,17,18). The maximum absolute atomic E-state index is 11.1. The molecule has 0 amide bonds. The second-order valence-electron chi connectivity index (χ2n) is 4.65. The summed E-state index contributed by atoms with van der Waals surface area (Å²) < 4.78 is 4.96. The Balaban J connectivity index is 1.98. The fraction of sp³-hybridized carbons (Fsp3) is 0.231. The predicted molar refractivity (Wildman–Crippen MR) is 71.8 cm³/mol. The molecule has 0 aliphatic heterocycles. The van der Waals surface area contributed by atoms with Gasteiger partial charge in [-0.1, -0.05) is 0 Å². The highest BCUT2D eigenvalue weighted by atomic mass is 16.4. The van der Waals surface area contributed by atoms with Crippen molar-refractivity contribution >= 4 is 11.1 Å². The quantitative estimate of drug-likeness (QED) is 0.661. The Morgan fingerprint density at radius 1 is 1.42 bits per heavy atom. The maximum Gasteiger partial charge on any atom is 0.417 e. The van der Waals surface area contributed by atoms with E-state index in [1.54, 1.807) is 12.3 Å². The Kier molecular flexibility index (Phi) is 2.72. The zero-order valence-corrected chi connectivity index (χ0v) is 10.4. The minimum absolute atomic E-state index is 0.0618. The minimum atomic E-state index is -0.450. The molecule has 4 N–H and O–H groups in total. The fourth-order valence-electron chi connectivity index (χ4n) is 2.04. The van der Waals surface area contributed by atoms with E-state index in [0.717, 1.165) is 17.1 Å². The first-order valence-electron chi connectivity index (χ1n) is 6.04. The molecular formula is C13H14N4O2. The lowest BCUT2D eigenvalue weighted by molar-refractivity contribution is 0.555. The van der Waals surface area contributed by atoms with Crippen LogP contribution in [0.3, 0.4) is 0 Å². The van der Waals surface area contributed by atoms with Crippen LogP contribution in [0.5, 0.6) is 0 Å². The number of hydrogen-bond acceptors (Lipinski definition) is 4. The van der Waals surface area contributed by atoms with Gasteiger partial charge >= 0.3 is 5.76 Å². The number of oxazole rings is 1. The van der Waals surface area contributed by atoms with Crippen LogP contribution in [0.2, 0.25) is 0 Å². The van der Waals surface area contributed by atoms with Gasteiger partial charge in [0.1, 0.15) is 5.82 Å². The number of rotatable bonds is 3. The Labute approximate surface area is 108 Å². The first-order valence-corrected chi connectivity index (χ1v) is 6.04. The third kappa shape index (κ3) is 2.30. The van der Waals surface area contributed by atoms with Crippen molar-refractivity contribution in [2.75, 3.05) is 0 Å². The zero-order valence-electron chi connectivity index (χ0n) is 10.4. The lowest BCUT2D eigenvalue weighted by Gasteiger charge is -2.00. The Bertz CT molecular complexity index is 766. The number of aromatic amines is 2. The van der Waals surface area contributed by atoms with Crippen molar-refractivity contribution in [1.82, 2.24) is 15.0 Å². The molecule has 1 unspecified atom stereocenters. The summed E-state index contributed by atoms with van der Waals surface area (Å²) in [6.45, 7) is 1.93. The summed E-state index contributed by atoms with van der Waals surface area (Å²) >= 11 is 0. The van der Waals surface area contributed by atoms with Crippen LogP contribution in [0.25, 0.3) is 22.4 Å². The Morgan fingerprint density at radius 2 is 2.26 bits per heavy atom. The van der Waals surface area contributed by atoms with Gasteiger partial charge in [0.25, 0.3) is 0 Å². The molecule has 6 heteroatoms. The first kappa shape index (κ1) is 11.7. The Hall–Kier alpha value is -2.34. The lowest BCUT2D eigenvalue weighted by Crippen LogP contribution is -2.18. The SMILES string of the molecule is CC(N)Cc1ncc(-c2ccc3oc(=O)[nH]c3c2)[nH]1. The highest BCUT2D eigenvalue weighted by molar-refractivity contribution is 5.78.